The summed E-state index contributed by atoms with van der Waals surface area (Å²) in [6.45, 7) is 3.07. The Morgan fingerprint density at radius 2 is 2.25 bits per heavy atom. The van der Waals surface area contributed by atoms with E-state index in [1.165, 1.54) is 6.92 Å². The van der Waals surface area contributed by atoms with Crippen molar-refractivity contribution in [2.45, 2.75) is 13.8 Å². The van der Waals surface area contributed by atoms with Gasteiger partial charge in [-0.1, -0.05) is 11.3 Å². The van der Waals surface area contributed by atoms with Gasteiger partial charge in [-0.15, -0.1) is 0 Å². The van der Waals surface area contributed by atoms with Gasteiger partial charge < -0.3 is 5.11 Å². The second-order valence-electron chi connectivity index (χ2n) is 2.40. The predicted molar refractivity (Wildman–Crippen MR) is 45.4 cm³/mol. The molecule has 0 saturated heterocycles. The standard InChI is InChI=1S/C8H7NO2S/c1-4-6(3-9)8(11)12-7(4)5(2)10/h11H,1-2H3. The van der Waals surface area contributed by atoms with Crippen LogP contribution in [-0.4, -0.2) is 10.9 Å². The van der Waals surface area contributed by atoms with Crippen molar-refractivity contribution in [2.75, 3.05) is 0 Å². The van der Waals surface area contributed by atoms with Gasteiger partial charge in [0.1, 0.15) is 11.6 Å². The van der Waals surface area contributed by atoms with Crippen LogP contribution in [0.3, 0.4) is 0 Å². The summed E-state index contributed by atoms with van der Waals surface area (Å²) in [5, 5.41) is 17.7. The number of aromatic hydroxyl groups is 1. The van der Waals surface area contributed by atoms with Gasteiger partial charge in [0.15, 0.2) is 10.8 Å². The normalized spacial score (nSPS) is 9.42. The summed E-state index contributed by atoms with van der Waals surface area (Å²) in [5.41, 5.74) is 0.790. The third-order valence-corrected chi connectivity index (χ3v) is 2.75. The molecular weight excluding hydrogens is 174 g/mol. The lowest BCUT2D eigenvalue weighted by molar-refractivity contribution is 0.102. The summed E-state index contributed by atoms with van der Waals surface area (Å²) in [5.74, 6) is -0.116. The second kappa shape index (κ2) is 2.95. The molecule has 0 radical (unpaired) electrons. The van der Waals surface area contributed by atoms with E-state index < -0.39 is 0 Å². The Bertz CT molecular complexity index is 373. The number of rotatable bonds is 1. The fourth-order valence-electron chi connectivity index (χ4n) is 0.966. The van der Waals surface area contributed by atoms with E-state index >= 15 is 0 Å². The number of Topliss-reactive ketones (excluding diaryl/α,β-unsaturated/α-hetero) is 1. The Morgan fingerprint density at radius 3 is 2.50 bits per heavy atom. The van der Waals surface area contributed by atoms with Crippen LogP contribution < -0.4 is 0 Å². The van der Waals surface area contributed by atoms with Crippen LogP contribution in [-0.2, 0) is 0 Å². The third kappa shape index (κ3) is 1.19. The fourth-order valence-corrected chi connectivity index (χ4v) is 1.86. The number of carbonyl (C=O) groups excluding carboxylic acids is 1. The Hall–Kier alpha value is -1.34. The van der Waals surface area contributed by atoms with Gasteiger partial charge in [-0.05, 0) is 19.4 Å². The molecule has 1 aromatic rings. The molecule has 1 aromatic heterocycles. The van der Waals surface area contributed by atoms with E-state index in [0.29, 0.717) is 10.4 Å². The van der Waals surface area contributed by atoms with E-state index in [0.717, 1.165) is 11.3 Å². The van der Waals surface area contributed by atoms with E-state index in [1.54, 1.807) is 6.92 Å². The van der Waals surface area contributed by atoms with Crippen LogP contribution >= 0.6 is 11.3 Å². The SMILES string of the molecule is CC(=O)c1sc(O)c(C#N)c1C. The Kier molecular flexibility index (Phi) is 2.15. The molecule has 0 atom stereocenters. The van der Waals surface area contributed by atoms with Gasteiger partial charge in [-0.3, -0.25) is 4.79 Å². The van der Waals surface area contributed by atoms with Crippen molar-refractivity contribution in [3.63, 3.8) is 0 Å². The lowest BCUT2D eigenvalue weighted by Gasteiger charge is -1.89. The van der Waals surface area contributed by atoms with E-state index in [-0.39, 0.29) is 16.4 Å². The van der Waals surface area contributed by atoms with Gasteiger partial charge in [0.2, 0.25) is 0 Å². The molecule has 12 heavy (non-hydrogen) atoms. The second-order valence-corrected chi connectivity index (χ2v) is 3.40. The highest BCUT2D eigenvalue weighted by Crippen LogP contribution is 2.33. The predicted octanol–water partition coefficient (Wildman–Crippen LogP) is 1.84. The van der Waals surface area contributed by atoms with Crippen molar-refractivity contribution >= 4 is 17.1 Å². The zero-order chi connectivity index (χ0) is 9.30. The molecule has 0 amide bonds. The van der Waals surface area contributed by atoms with Crippen LogP contribution in [0.25, 0.3) is 0 Å². The number of ketones is 1. The summed E-state index contributed by atoms with van der Waals surface area (Å²) < 4.78 is 0. The highest BCUT2D eigenvalue weighted by molar-refractivity contribution is 7.16. The average molecular weight is 181 g/mol. The molecule has 1 heterocycles. The molecule has 3 nitrogen and oxygen atoms in total. The van der Waals surface area contributed by atoms with Crippen LogP contribution in [0.4, 0.5) is 0 Å². The molecule has 0 aliphatic heterocycles. The molecule has 1 rings (SSSR count). The highest BCUT2D eigenvalue weighted by atomic mass is 32.1. The molecule has 0 fully saturated rings. The fraction of sp³-hybridized carbons (Fsp3) is 0.250. The van der Waals surface area contributed by atoms with E-state index in [4.69, 9.17) is 5.26 Å². The van der Waals surface area contributed by atoms with Crippen molar-refractivity contribution in [1.82, 2.24) is 0 Å². The number of hydrogen-bond acceptors (Lipinski definition) is 4. The lowest BCUT2D eigenvalue weighted by atomic mass is 10.1. The molecule has 62 valence electrons. The number of hydrogen-bond donors (Lipinski definition) is 1. The molecule has 0 bridgehead atoms. The highest BCUT2D eigenvalue weighted by Gasteiger charge is 2.16. The first kappa shape index (κ1) is 8.75. The number of nitriles is 1. The maximum Gasteiger partial charge on any atom is 0.190 e. The van der Waals surface area contributed by atoms with Crippen LogP contribution in [0.2, 0.25) is 0 Å². The van der Waals surface area contributed by atoms with E-state index in [9.17, 15) is 9.90 Å². The van der Waals surface area contributed by atoms with E-state index in [2.05, 4.69) is 0 Å². The van der Waals surface area contributed by atoms with Gasteiger partial charge in [-0.25, -0.2) is 0 Å². The van der Waals surface area contributed by atoms with Crippen LogP contribution in [0, 0.1) is 18.3 Å². The summed E-state index contributed by atoms with van der Waals surface area (Å²) in [7, 11) is 0. The largest absolute Gasteiger partial charge is 0.499 e. The first-order valence-corrected chi connectivity index (χ1v) is 4.13. The maximum absolute atomic E-state index is 10.9. The van der Waals surface area contributed by atoms with Gasteiger partial charge in [0.05, 0.1) is 4.88 Å². The van der Waals surface area contributed by atoms with Gasteiger partial charge in [-0.2, -0.15) is 5.26 Å². The van der Waals surface area contributed by atoms with Crippen LogP contribution in [0.5, 0.6) is 5.06 Å². The van der Waals surface area contributed by atoms with Crippen molar-refractivity contribution in [1.29, 1.82) is 5.26 Å². The minimum atomic E-state index is -0.116. The topological polar surface area (TPSA) is 61.1 Å². The summed E-state index contributed by atoms with van der Waals surface area (Å²) in [4.78, 5) is 11.4. The van der Waals surface area contributed by atoms with Crippen molar-refractivity contribution in [3.05, 3.63) is 16.0 Å². The molecule has 0 aromatic carbocycles. The zero-order valence-corrected chi connectivity index (χ0v) is 7.53. The molecule has 1 N–H and O–H groups in total. The Balaban J connectivity index is 3.39. The third-order valence-electron chi connectivity index (χ3n) is 1.56. The van der Waals surface area contributed by atoms with Crippen molar-refractivity contribution < 1.29 is 9.90 Å². The van der Waals surface area contributed by atoms with Crippen LogP contribution in [0.1, 0.15) is 27.7 Å². The first-order valence-electron chi connectivity index (χ1n) is 3.31. The maximum atomic E-state index is 10.9. The van der Waals surface area contributed by atoms with Crippen LogP contribution in [0.15, 0.2) is 0 Å². The number of carbonyl (C=O) groups is 1. The summed E-state index contributed by atoms with van der Waals surface area (Å²) in [6.07, 6.45) is 0. The molecule has 0 spiro atoms. The molecule has 0 aliphatic rings. The molecule has 0 aliphatic carbocycles. The van der Waals surface area contributed by atoms with Crippen molar-refractivity contribution in [3.8, 4) is 11.1 Å². The number of nitrogens with zero attached hydrogens (tertiary/aromatic N) is 1. The Labute approximate surface area is 73.9 Å². The minimum Gasteiger partial charge on any atom is -0.499 e. The average Bonchev–Trinajstić information content (AvgIpc) is 2.27. The van der Waals surface area contributed by atoms with Gasteiger partial charge in [0, 0.05) is 0 Å². The molecule has 0 saturated carbocycles. The van der Waals surface area contributed by atoms with Gasteiger partial charge in [0.25, 0.3) is 0 Å². The van der Waals surface area contributed by atoms with E-state index in [1.807, 2.05) is 6.07 Å². The lowest BCUT2D eigenvalue weighted by Crippen LogP contribution is -1.90. The number of thiophene rings is 1. The molecule has 4 heteroatoms. The zero-order valence-electron chi connectivity index (χ0n) is 6.71. The molecular formula is C8H7NO2S. The minimum absolute atomic E-state index is 0.0693. The quantitative estimate of drug-likeness (QED) is 0.672. The Morgan fingerprint density at radius 1 is 1.67 bits per heavy atom. The van der Waals surface area contributed by atoms with Gasteiger partial charge >= 0.3 is 0 Å². The van der Waals surface area contributed by atoms with Crippen molar-refractivity contribution in [2.24, 2.45) is 0 Å². The molecule has 0 unspecified atom stereocenters. The smallest absolute Gasteiger partial charge is 0.190 e. The monoisotopic (exact) mass is 181 g/mol. The summed E-state index contributed by atoms with van der Waals surface area (Å²) >= 11 is 0.957. The summed E-state index contributed by atoms with van der Waals surface area (Å²) in [6, 6.07) is 1.85. The first-order chi connectivity index (χ1) is 5.57.